The average molecular weight is 343 g/mol. The van der Waals surface area contributed by atoms with Gasteiger partial charge in [-0.1, -0.05) is 47.7 Å². The molecule has 128 valence electrons. The Balaban J connectivity index is 1.99. The number of nitrogens with one attached hydrogen (secondary N) is 1. The average Bonchev–Trinajstić information content (AvgIpc) is 3.12. The number of hydrogen-bond acceptors (Lipinski definition) is 4. The highest BCUT2D eigenvalue weighted by Gasteiger charge is 2.23. The zero-order valence-electron chi connectivity index (χ0n) is 14.5. The summed E-state index contributed by atoms with van der Waals surface area (Å²) in [5, 5.41) is 12.0. The van der Waals surface area contributed by atoms with Gasteiger partial charge in [0.05, 0.1) is 16.9 Å². The normalized spacial score (nSPS) is 10.8. The van der Waals surface area contributed by atoms with Gasteiger partial charge < -0.3 is 5.32 Å². The van der Waals surface area contributed by atoms with Crippen molar-refractivity contribution < 1.29 is 4.79 Å². The van der Waals surface area contributed by atoms with E-state index in [0.29, 0.717) is 11.4 Å². The summed E-state index contributed by atoms with van der Waals surface area (Å²) in [7, 11) is 1.58. The summed E-state index contributed by atoms with van der Waals surface area (Å²) in [6, 6.07) is 19.6. The molecule has 0 fully saturated rings. The molecule has 2 aromatic heterocycles. The molecule has 0 aliphatic heterocycles. The minimum Gasteiger partial charge on any atom is -0.354 e. The highest BCUT2D eigenvalue weighted by molar-refractivity contribution is 5.98. The molecule has 0 aliphatic carbocycles. The summed E-state index contributed by atoms with van der Waals surface area (Å²) in [5.41, 5.74) is 4.21. The SMILES string of the molecule is CNC(=O)c1nnn(-c2ccccc2C)c1-c1ccc2ccccc2n1. The Kier molecular flexibility index (Phi) is 3.93. The molecule has 0 spiro atoms. The molecule has 1 N–H and O–H groups in total. The van der Waals surface area contributed by atoms with Crippen molar-refractivity contribution in [2.24, 2.45) is 0 Å². The highest BCUT2D eigenvalue weighted by Crippen LogP contribution is 2.27. The minimum atomic E-state index is -0.296. The van der Waals surface area contributed by atoms with Crippen molar-refractivity contribution >= 4 is 16.8 Å². The fourth-order valence-electron chi connectivity index (χ4n) is 2.95. The standard InChI is InChI=1S/C20H17N5O/c1-13-7-3-6-10-17(13)25-19(18(23-24-25)20(26)21-2)16-12-11-14-8-4-5-9-15(14)22-16/h3-12H,1-2H3,(H,21,26). The first-order valence-corrected chi connectivity index (χ1v) is 8.29. The van der Waals surface area contributed by atoms with E-state index in [9.17, 15) is 4.79 Å². The Morgan fingerprint density at radius 1 is 1.00 bits per heavy atom. The third-order valence-corrected chi connectivity index (χ3v) is 4.30. The fourth-order valence-corrected chi connectivity index (χ4v) is 2.95. The van der Waals surface area contributed by atoms with Gasteiger partial charge >= 0.3 is 0 Å². The smallest absolute Gasteiger partial charge is 0.273 e. The van der Waals surface area contributed by atoms with Crippen molar-refractivity contribution in [1.82, 2.24) is 25.3 Å². The number of hydrogen-bond donors (Lipinski definition) is 1. The van der Waals surface area contributed by atoms with E-state index in [4.69, 9.17) is 4.98 Å². The van der Waals surface area contributed by atoms with Crippen LogP contribution in [0.4, 0.5) is 0 Å². The second-order valence-corrected chi connectivity index (χ2v) is 5.95. The van der Waals surface area contributed by atoms with E-state index < -0.39 is 0 Å². The van der Waals surface area contributed by atoms with Gasteiger partial charge in [0.1, 0.15) is 5.69 Å². The van der Waals surface area contributed by atoms with Crippen molar-refractivity contribution in [3.05, 3.63) is 71.9 Å². The van der Waals surface area contributed by atoms with E-state index >= 15 is 0 Å². The van der Waals surface area contributed by atoms with Crippen LogP contribution >= 0.6 is 0 Å². The maximum absolute atomic E-state index is 12.3. The summed E-state index contributed by atoms with van der Waals surface area (Å²) in [4.78, 5) is 17.1. The van der Waals surface area contributed by atoms with Gasteiger partial charge in [-0.05, 0) is 30.7 Å². The van der Waals surface area contributed by atoms with Crippen LogP contribution in [0.2, 0.25) is 0 Å². The zero-order chi connectivity index (χ0) is 18.1. The number of benzene rings is 2. The lowest BCUT2D eigenvalue weighted by molar-refractivity contribution is 0.0958. The second kappa shape index (κ2) is 6.40. The van der Waals surface area contributed by atoms with Gasteiger partial charge in [-0.2, -0.15) is 0 Å². The third-order valence-electron chi connectivity index (χ3n) is 4.30. The van der Waals surface area contributed by atoms with Gasteiger partial charge in [-0.3, -0.25) is 4.79 Å². The Labute approximate surface area is 150 Å². The van der Waals surface area contributed by atoms with Gasteiger partial charge in [0.25, 0.3) is 5.91 Å². The molecule has 0 aliphatic rings. The molecule has 0 bridgehead atoms. The summed E-state index contributed by atoms with van der Waals surface area (Å²) in [6.45, 7) is 1.99. The molecule has 4 rings (SSSR count). The van der Waals surface area contributed by atoms with E-state index in [-0.39, 0.29) is 11.6 Å². The Hall–Kier alpha value is -3.54. The molecule has 0 radical (unpaired) electrons. The van der Waals surface area contributed by atoms with Gasteiger partial charge in [-0.25, -0.2) is 9.67 Å². The van der Waals surface area contributed by atoms with E-state index in [2.05, 4.69) is 15.6 Å². The number of aryl methyl sites for hydroxylation is 1. The molecule has 0 saturated carbocycles. The predicted octanol–water partition coefficient (Wildman–Crippen LogP) is 3.15. The molecule has 0 atom stereocenters. The van der Waals surface area contributed by atoms with Crippen molar-refractivity contribution in [2.45, 2.75) is 6.92 Å². The first-order chi connectivity index (χ1) is 12.7. The summed E-state index contributed by atoms with van der Waals surface area (Å²) in [5.74, 6) is -0.296. The van der Waals surface area contributed by atoms with Crippen LogP contribution < -0.4 is 5.32 Å². The maximum atomic E-state index is 12.3. The van der Waals surface area contributed by atoms with E-state index in [1.54, 1.807) is 11.7 Å². The first kappa shape index (κ1) is 16.0. The maximum Gasteiger partial charge on any atom is 0.273 e. The van der Waals surface area contributed by atoms with Crippen LogP contribution in [0.25, 0.3) is 28.0 Å². The van der Waals surface area contributed by atoms with Crippen LogP contribution in [0.15, 0.2) is 60.7 Å². The lowest BCUT2D eigenvalue weighted by Gasteiger charge is -2.10. The molecule has 2 heterocycles. The largest absolute Gasteiger partial charge is 0.354 e. The number of rotatable bonds is 3. The number of carbonyl (C=O) groups is 1. The molecule has 6 heteroatoms. The summed E-state index contributed by atoms with van der Waals surface area (Å²) < 4.78 is 1.68. The lowest BCUT2D eigenvalue weighted by Crippen LogP contribution is -2.19. The summed E-state index contributed by atoms with van der Waals surface area (Å²) in [6.07, 6.45) is 0. The molecular weight excluding hydrogens is 326 g/mol. The molecule has 1 amide bonds. The number of para-hydroxylation sites is 2. The lowest BCUT2D eigenvalue weighted by atomic mass is 10.1. The zero-order valence-corrected chi connectivity index (χ0v) is 14.5. The topological polar surface area (TPSA) is 72.7 Å². The predicted molar refractivity (Wildman–Crippen MR) is 100 cm³/mol. The van der Waals surface area contributed by atoms with Crippen LogP contribution in [0.5, 0.6) is 0 Å². The Morgan fingerprint density at radius 2 is 1.77 bits per heavy atom. The molecular formula is C20H17N5O. The van der Waals surface area contributed by atoms with Crippen molar-refractivity contribution in [2.75, 3.05) is 7.05 Å². The van der Waals surface area contributed by atoms with Gasteiger partial charge in [0.2, 0.25) is 0 Å². The number of aromatic nitrogens is 4. The molecule has 2 aromatic carbocycles. The van der Waals surface area contributed by atoms with Gasteiger partial charge in [0.15, 0.2) is 5.69 Å². The van der Waals surface area contributed by atoms with Crippen molar-refractivity contribution in [3.63, 3.8) is 0 Å². The Bertz CT molecular complexity index is 1120. The van der Waals surface area contributed by atoms with Crippen LogP contribution in [-0.4, -0.2) is 32.9 Å². The second-order valence-electron chi connectivity index (χ2n) is 5.95. The molecule has 6 nitrogen and oxygen atoms in total. The number of pyridine rings is 1. The number of fused-ring (bicyclic) bond motifs is 1. The monoisotopic (exact) mass is 343 g/mol. The van der Waals surface area contributed by atoms with Crippen molar-refractivity contribution in [3.8, 4) is 17.1 Å². The van der Waals surface area contributed by atoms with Crippen LogP contribution in [0.1, 0.15) is 16.1 Å². The third kappa shape index (κ3) is 2.61. The quantitative estimate of drug-likeness (QED) is 0.620. The van der Waals surface area contributed by atoms with Gasteiger partial charge in [-0.15, -0.1) is 5.10 Å². The molecule has 26 heavy (non-hydrogen) atoms. The molecule has 0 unspecified atom stereocenters. The first-order valence-electron chi connectivity index (χ1n) is 8.29. The number of amides is 1. The highest BCUT2D eigenvalue weighted by atomic mass is 16.1. The van der Waals surface area contributed by atoms with Gasteiger partial charge in [0, 0.05) is 12.4 Å². The van der Waals surface area contributed by atoms with Crippen LogP contribution in [0, 0.1) is 6.92 Å². The Morgan fingerprint density at radius 3 is 2.58 bits per heavy atom. The van der Waals surface area contributed by atoms with E-state index in [0.717, 1.165) is 22.2 Å². The number of nitrogens with zero attached hydrogens (tertiary/aromatic N) is 4. The fraction of sp³-hybridized carbons (Fsp3) is 0.100. The van der Waals surface area contributed by atoms with Crippen LogP contribution in [-0.2, 0) is 0 Å². The van der Waals surface area contributed by atoms with E-state index in [1.807, 2.05) is 67.6 Å². The van der Waals surface area contributed by atoms with E-state index in [1.165, 1.54) is 0 Å². The summed E-state index contributed by atoms with van der Waals surface area (Å²) >= 11 is 0. The molecule has 4 aromatic rings. The number of carbonyl (C=O) groups excluding carboxylic acids is 1. The van der Waals surface area contributed by atoms with Crippen LogP contribution in [0.3, 0.4) is 0 Å². The van der Waals surface area contributed by atoms with Crippen molar-refractivity contribution in [1.29, 1.82) is 0 Å². The molecule has 0 saturated heterocycles. The minimum absolute atomic E-state index is 0.249.